The van der Waals surface area contributed by atoms with Crippen molar-refractivity contribution in [1.82, 2.24) is 14.7 Å². The van der Waals surface area contributed by atoms with Crippen molar-refractivity contribution in [1.29, 1.82) is 0 Å². The van der Waals surface area contributed by atoms with E-state index in [0.717, 1.165) is 13.1 Å². The highest BCUT2D eigenvalue weighted by Gasteiger charge is 2.58. The maximum Gasteiger partial charge on any atom is 0.410 e. The van der Waals surface area contributed by atoms with E-state index in [1.807, 2.05) is 0 Å². The van der Waals surface area contributed by atoms with Gasteiger partial charge in [0.15, 0.2) is 0 Å². The Morgan fingerprint density at radius 3 is 2.37 bits per heavy atom. The van der Waals surface area contributed by atoms with Crippen molar-refractivity contribution in [3.8, 4) is 0 Å². The fraction of sp³-hybridized carbons (Fsp3) is 0.842. The molecule has 1 spiro atoms. The quantitative estimate of drug-likeness (QED) is 0.654. The second kappa shape index (κ2) is 7.30. The van der Waals surface area contributed by atoms with Crippen LogP contribution in [-0.2, 0) is 14.3 Å². The Labute approximate surface area is 161 Å². The molecule has 0 radical (unpaired) electrons. The first-order valence-corrected chi connectivity index (χ1v) is 9.93. The van der Waals surface area contributed by atoms with Crippen LogP contribution in [0.4, 0.5) is 4.79 Å². The topological polar surface area (TPSA) is 96.2 Å². The van der Waals surface area contributed by atoms with E-state index in [1.165, 1.54) is 0 Å². The third-order valence-corrected chi connectivity index (χ3v) is 6.06. The molecular formula is C19H32N4O4. The summed E-state index contributed by atoms with van der Waals surface area (Å²) in [5.74, 6) is -0.0815. The van der Waals surface area contributed by atoms with Crippen molar-refractivity contribution in [3.63, 3.8) is 0 Å². The summed E-state index contributed by atoms with van der Waals surface area (Å²) in [6.45, 7) is 8.39. The van der Waals surface area contributed by atoms with Gasteiger partial charge in [0.05, 0.1) is 6.54 Å². The molecule has 8 heteroatoms. The fourth-order valence-corrected chi connectivity index (χ4v) is 4.24. The van der Waals surface area contributed by atoms with Gasteiger partial charge < -0.3 is 25.2 Å². The second-order valence-corrected chi connectivity index (χ2v) is 8.87. The van der Waals surface area contributed by atoms with Crippen molar-refractivity contribution >= 4 is 17.9 Å². The molecule has 1 aliphatic carbocycles. The van der Waals surface area contributed by atoms with Crippen LogP contribution in [0.3, 0.4) is 0 Å². The summed E-state index contributed by atoms with van der Waals surface area (Å²) in [6, 6.07) is 0. The largest absolute Gasteiger partial charge is 0.441 e. The fourth-order valence-electron chi connectivity index (χ4n) is 4.24. The Balaban J connectivity index is 1.50. The summed E-state index contributed by atoms with van der Waals surface area (Å²) in [5, 5.41) is 0. The van der Waals surface area contributed by atoms with Gasteiger partial charge in [-0.3, -0.25) is 9.59 Å². The summed E-state index contributed by atoms with van der Waals surface area (Å²) in [6.07, 6.45) is 2.06. The van der Waals surface area contributed by atoms with Gasteiger partial charge in [-0.15, -0.1) is 0 Å². The number of hydrogen-bond donors (Lipinski definition) is 1. The minimum Gasteiger partial charge on any atom is -0.441 e. The third-order valence-electron chi connectivity index (χ3n) is 6.06. The highest BCUT2D eigenvalue weighted by Crippen LogP contribution is 2.47. The first-order valence-electron chi connectivity index (χ1n) is 9.93. The van der Waals surface area contributed by atoms with Gasteiger partial charge in [0, 0.05) is 45.6 Å². The summed E-state index contributed by atoms with van der Waals surface area (Å²) in [7, 11) is 2.06. The number of nitrogens with zero attached hydrogens (tertiary/aromatic N) is 3. The van der Waals surface area contributed by atoms with Crippen LogP contribution >= 0.6 is 0 Å². The number of carbonyl (C=O) groups excluding carboxylic acids is 3. The summed E-state index contributed by atoms with van der Waals surface area (Å²) < 4.78 is 5.73. The first kappa shape index (κ1) is 19.9. The number of ether oxygens (including phenoxy) is 1. The predicted molar refractivity (Wildman–Crippen MR) is 99.8 cm³/mol. The minimum atomic E-state index is -0.968. The van der Waals surface area contributed by atoms with Crippen molar-refractivity contribution in [2.75, 3.05) is 46.3 Å². The summed E-state index contributed by atoms with van der Waals surface area (Å²) in [5.41, 5.74) is 3.94. The van der Waals surface area contributed by atoms with Crippen LogP contribution < -0.4 is 5.73 Å². The predicted octanol–water partition coefficient (Wildman–Crippen LogP) is 0.653. The number of primary amides is 1. The summed E-state index contributed by atoms with van der Waals surface area (Å²) >= 11 is 0. The van der Waals surface area contributed by atoms with E-state index in [4.69, 9.17) is 10.5 Å². The molecule has 27 heavy (non-hydrogen) atoms. The van der Waals surface area contributed by atoms with E-state index >= 15 is 0 Å². The zero-order chi connectivity index (χ0) is 19.8. The molecule has 0 aromatic heterocycles. The minimum absolute atomic E-state index is 0.152. The van der Waals surface area contributed by atoms with Crippen LogP contribution in [0, 0.1) is 11.3 Å². The molecule has 0 bridgehead atoms. The third kappa shape index (κ3) is 4.05. The standard InChI is InChI=1S/C19H32N4O4/c1-14(2)12-21(3)10-11-23-13-18(27-17(23)26)6-8-22(9-7-18)16(25)19(4-5-19)15(20)24/h14H,4-13H2,1-3H3,(H2,20,24). The van der Waals surface area contributed by atoms with Crippen LogP contribution in [0.15, 0.2) is 0 Å². The molecule has 1 saturated carbocycles. The molecule has 0 atom stereocenters. The van der Waals surface area contributed by atoms with Crippen LogP contribution in [0.25, 0.3) is 0 Å². The molecule has 3 amide bonds. The van der Waals surface area contributed by atoms with Crippen LogP contribution in [-0.4, -0.2) is 84.5 Å². The molecule has 2 aliphatic heterocycles. The number of nitrogens with two attached hydrogens (primary N) is 1. The van der Waals surface area contributed by atoms with Crippen molar-refractivity contribution in [3.05, 3.63) is 0 Å². The number of rotatable bonds is 7. The second-order valence-electron chi connectivity index (χ2n) is 8.87. The number of amides is 3. The monoisotopic (exact) mass is 380 g/mol. The molecule has 0 unspecified atom stereocenters. The van der Waals surface area contributed by atoms with E-state index < -0.39 is 16.9 Å². The van der Waals surface area contributed by atoms with Gasteiger partial charge in [0.25, 0.3) is 0 Å². The van der Waals surface area contributed by atoms with Crippen molar-refractivity contribution < 1.29 is 19.1 Å². The molecule has 8 nitrogen and oxygen atoms in total. The number of likely N-dealkylation sites (N-methyl/N-ethyl adjacent to an activating group) is 1. The summed E-state index contributed by atoms with van der Waals surface area (Å²) in [4.78, 5) is 42.2. The molecular weight excluding hydrogens is 348 g/mol. The Hall–Kier alpha value is -1.83. The lowest BCUT2D eigenvalue weighted by Gasteiger charge is -2.38. The average Bonchev–Trinajstić information content (AvgIpc) is 3.34. The highest BCUT2D eigenvalue weighted by molar-refractivity contribution is 6.07. The highest BCUT2D eigenvalue weighted by atomic mass is 16.6. The van der Waals surface area contributed by atoms with Gasteiger partial charge in [-0.25, -0.2) is 4.79 Å². The van der Waals surface area contributed by atoms with Crippen molar-refractivity contribution in [2.24, 2.45) is 17.1 Å². The van der Waals surface area contributed by atoms with Gasteiger partial charge >= 0.3 is 6.09 Å². The molecule has 0 aromatic carbocycles. The molecule has 3 rings (SSSR count). The van der Waals surface area contributed by atoms with E-state index in [9.17, 15) is 14.4 Å². The van der Waals surface area contributed by atoms with Crippen LogP contribution in [0.5, 0.6) is 0 Å². The molecule has 2 N–H and O–H groups in total. The van der Waals surface area contributed by atoms with E-state index in [-0.39, 0.29) is 12.0 Å². The molecule has 152 valence electrons. The van der Waals surface area contributed by atoms with E-state index in [0.29, 0.717) is 57.8 Å². The lowest BCUT2D eigenvalue weighted by atomic mass is 9.90. The molecule has 3 aliphatic rings. The Morgan fingerprint density at radius 2 is 1.85 bits per heavy atom. The van der Waals surface area contributed by atoms with Gasteiger partial charge in [0.1, 0.15) is 11.0 Å². The lowest BCUT2D eigenvalue weighted by Crippen LogP contribution is -2.52. The van der Waals surface area contributed by atoms with Crippen LogP contribution in [0.1, 0.15) is 39.5 Å². The zero-order valence-corrected chi connectivity index (χ0v) is 16.7. The molecule has 2 heterocycles. The average molecular weight is 380 g/mol. The maximum atomic E-state index is 12.6. The zero-order valence-electron chi connectivity index (χ0n) is 16.7. The number of carbonyl (C=O) groups is 3. The van der Waals surface area contributed by atoms with Gasteiger partial charge in [0.2, 0.25) is 11.8 Å². The molecule has 2 saturated heterocycles. The van der Waals surface area contributed by atoms with E-state index in [1.54, 1.807) is 9.80 Å². The first-order chi connectivity index (χ1) is 12.7. The molecule has 3 fully saturated rings. The smallest absolute Gasteiger partial charge is 0.410 e. The number of piperidine rings is 1. The van der Waals surface area contributed by atoms with Gasteiger partial charge in [-0.05, 0) is 25.8 Å². The SMILES string of the molecule is CC(C)CN(C)CCN1CC2(CCN(C(=O)C3(C(N)=O)CC3)CC2)OC1=O. The lowest BCUT2D eigenvalue weighted by molar-refractivity contribution is -0.145. The van der Waals surface area contributed by atoms with Gasteiger partial charge in [-0.2, -0.15) is 0 Å². The number of likely N-dealkylation sites (tertiary alicyclic amines) is 1. The van der Waals surface area contributed by atoms with E-state index in [2.05, 4.69) is 25.8 Å². The Kier molecular flexibility index (Phi) is 5.38. The van der Waals surface area contributed by atoms with Crippen LogP contribution in [0.2, 0.25) is 0 Å². The maximum absolute atomic E-state index is 12.6. The Morgan fingerprint density at radius 1 is 1.22 bits per heavy atom. The molecule has 0 aromatic rings. The van der Waals surface area contributed by atoms with Crippen molar-refractivity contribution in [2.45, 2.75) is 45.1 Å². The number of hydrogen-bond acceptors (Lipinski definition) is 5. The Bertz CT molecular complexity index is 609. The van der Waals surface area contributed by atoms with Gasteiger partial charge in [-0.1, -0.05) is 13.8 Å². The normalized spacial score (nSPS) is 23.2.